The number of hydrogen-bond acceptors (Lipinski definition) is 3. The fourth-order valence-corrected chi connectivity index (χ4v) is 2.98. The lowest BCUT2D eigenvalue weighted by atomic mass is 10.2. The highest BCUT2D eigenvalue weighted by atomic mass is 16.2. The van der Waals surface area contributed by atoms with Gasteiger partial charge in [-0.15, -0.1) is 0 Å². The van der Waals surface area contributed by atoms with Crippen molar-refractivity contribution < 1.29 is 4.79 Å². The Morgan fingerprint density at radius 2 is 2.00 bits per heavy atom. The van der Waals surface area contributed by atoms with Crippen molar-refractivity contribution in [3.05, 3.63) is 42.7 Å². The van der Waals surface area contributed by atoms with Crippen LogP contribution in [0, 0.1) is 0 Å². The second kappa shape index (κ2) is 4.91. The van der Waals surface area contributed by atoms with E-state index in [1.165, 1.54) is 12.8 Å². The molecule has 0 bridgehead atoms. The molecule has 1 aromatic carbocycles. The second-order valence-electron chi connectivity index (χ2n) is 5.72. The Morgan fingerprint density at radius 3 is 2.76 bits per heavy atom. The molecule has 2 fully saturated rings. The van der Waals surface area contributed by atoms with E-state index in [1.54, 1.807) is 6.20 Å². The summed E-state index contributed by atoms with van der Waals surface area (Å²) < 4.78 is 1.82. The molecule has 1 aromatic heterocycles. The molecule has 0 unspecified atom stereocenters. The van der Waals surface area contributed by atoms with E-state index in [1.807, 2.05) is 46.1 Å². The van der Waals surface area contributed by atoms with Crippen LogP contribution in [0.15, 0.2) is 42.7 Å². The molecule has 0 radical (unpaired) electrons. The monoisotopic (exact) mass is 282 g/mol. The molecule has 1 N–H and O–H groups in total. The maximum atomic E-state index is 12.4. The van der Waals surface area contributed by atoms with Crippen molar-refractivity contribution >= 4 is 11.6 Å². The highest BCUT2D eigenvalue weighted by Crippen LogP contribution is 2.32. The molecule has 108 valence electrons. The van der Waals surface area contributed by atoms with Gasteiger partial charge < -0.3 is 10.2 Å². The van der Waals surface area contributed by atoms with E-state index < -0.39 is 0 Å². The number of nitrogens with one attached hydrogen (secondary N) is 1. The van der Waals surface area contributed by atoms with Crippen molar-refractivity contribution in [3.63, 3.8) is 0 Å². The zero-order valence-electron chi connectivity index (χ0n) is 11.8. The number of amides is 1. The number of benzene rings is 1. The van der Waals surface area contributed by atoms with Crippen molar-refractivity contribution in [2.24, 2.45) is 0 Å². The minimum atomic E-state index is -0.109. The number of likely N-dealkylation sites (tertiary alicyclic amines) is 1. The molecule has 21 heavy (non-hydrogen) atoms. The minimum Gasteiger partial charge on any atom is -0.372 e. The molecule has 1 saturated heterocycles. The smallest absolute Gasteiger partial charge is 0.245 e. The van der Waals surface area contributed by atoms with Crippen LogP contribution >= 0.6 is 0 Å². The van der Waals surface area contributed by atoms with E-state index in [0.29, 0.717) is 6.04 Å². The molecule has 2 heterocycles. The van der Waals surface area contributed by atoms with Gasteiger partial charge in [0.25, 0.3) is 0 Å². The van der Waals surface area contributed by atoms with Crippen LogP contribution in [0.3, 0.4) is 0 Å². The summed E-state index contributed by atoms with van der Waals surface area (Å²) >= 11 is 0. The molecular formula is C16H18N4O. The minimum absolute atomic E-state index is 0.109. The van der Waals surface area contributed by atoms with Crippen LogP contribution in [0.1, 0.15) is 19.3 Å². The van der Waals surface area contributed by atoms with Crippen LogP contribution < -0.4 is 5.32 Å². The normalized spacial score (nSPS) is 21.8. The molecule has 1 aliphatic carbocycles. The van der Waals surface area contributed by atoms with Gasteiger partial charge in [-0.05, 0) is 37.5 Å². The average molecular weight is 282 g/mol. The molecule has 1 saturated carbocycles. The lowest BCUT2D eigenvalue weighted by Gasteiger charge is -2.18. The molecule has 5 nitrogen and oxygen atoms in total. The Morgan fingerprint density at radius 1 is 1.14 bits per heavy atom. The number of anilines is 1. The molecule has 1 atom stereocenters. The van der Waals surface area contributed by atoms with Gasteiger partial charge in [0.05, 0.1) is 11.4 Å². The largest absolute Gasteiger partial charge is 0.372 e. The summed E-state index contributed by atoms with van der Waals surface area (Å²) in [5.74, 6) is 0.243. The first-order valence-electron chi connectivity index (χ1n) is 7.49. The van der Waals surface area contributed by atoms with Gasteiger partial charge in [-0.3, -0.25) is 4.79 Å². The van der Waals surface area contributed by atoms with Crippen LogP contribution in [0.25, 0.3) is 5.69 Å². The van der Waals surface area contributed by atoms with Gasteiger partial charge in [0.2, 0.25) is 5.91 Å². The molecule has 2 aliphatic rings. The van der Waals surface area contributed by atoms with E-state index >= 15 is 0 Å². The fourth-order valence-electron chi connectivity index (χ4n) is 2.98. The fraction of sp³-hybridized carbons (Fsp3) is 0.375. The number of para-hydroxylation sites is 2. The Labute approximate surface area is 123 Å². The van der Waals surface area contributed by atoms with Gasteiger partial charge in [-0.1, -0.05) is 12.1 Å². The van der Waals surface area contributed by atoms with Crippen LogP contribution in [-0.2, 0) is 4.79 Å². The van der Waals surface area contributed by atoms with Crippen molar-refractivity contribution in [3.8, 4) is 5.69 Å². The molecule has 0 spiro atoms. The number of carbonyl (C=O) groups excluding carboxylic acids is 1. The third-order valence-electron chi connectivity index (χ3n) is 4.21. The van der Waals surface area contributed by atoms with Gasteiger partial charge in [-0.25, -0.2) is 4.68 Å². The molecule has 2 aromatic rings. The van der Waals surface area contributed by atoms with Crippen LogP contribution in [0.2, 0.25) is 0 Å². The summed E-state index contributed by atoms with van der Waals surface area (Å²) in [6.45, 7) is 0.880. The Hall–Kier alpha value is -2.30. The van der Waals surface area contributed by atoms with Gasteiger partial charge in [0.1, 0.15) is 6.04 Å². The Bertz CT molecular complexity index is 648. The van der Waals surface area contributed by atoms with E-state index in [4.69, 9.17) is 0 Å². The zero-order chi connectivity index (χ0) is 14.2. The van der Waals surface area contributed by atoms with E-state index in [-0.39, 0.29) is 11.9 Å². The molecule has 1 amide bonds. The lowest BCUT2D eigenvalue weighted by Crippen LogP contribution is -2.35. The third kappa shape index (κ3) is 2.28. The number of hydrogen-bond donors (Lipinski definition) is 1. The molecule has 1 aliphatic heterocycles. The van der Waals surface area contributed by atoms with Crippen LogP contribution in [-0.4, -0.2) is 39.2 Å². The van der Waals surface area contributed by atoms with Gasteiger partial charge in [-0.2, -0.15) is 5.10 Å². The van der Waals surface area contributed by atoms with Crippen molar-refractivity contribution in [2.75, 3.05) is 11.9 Å². The van der Waals surface area contributed by atoms with Gasteiger partial charge in [0, 0.05) is 25.0 Å². The summed E-state index contributed by atoms with van der Waals surface area (Å²) in [5, 5.41) is 7.68. The van der Waals surface area contributed by atoms with E-state index in [0.717, 1.165) is 24.3 Å². The van der Waals surface area contributed by atoms with E-state index in [9.17, 15) is 4.79 Å². The quantitative estimate of drug-likeness (QED) is 0.933. The first-order valence-corrected chi connectivity index (χ1v) is 7.49. The summed E-state index contributed by atoms with van der Waals surface area (Å²) in [5.41, 5.74) is 1.93. The van der Waals surface area contributed by atoms with Crippen molar-refractivity contribution in [2.45, 2.75) is 31.3 Å². The van der Waals surface area contributed by atoms with E-state index in [2.05, 4.69) is 10.4 Å². The summed E-state index contributed by atoms with van der Waals surface area (Å²) in [6.07, 6.45) is 6.88. The topological polar surface area (TPSA) is 50.2 Å². The lowest BCUT2D eigenvalue weighted by molar-refractivity contribution is -0.128. The maximum absolute atomic E-state index is 12.4. The number of carbonyl (C=O) groups is 1. The summed E-state index contributed by atoms with van der Waals surface area (Å²) in [4.78, 5) is 14.5. The Kier molecular flexibility index (Phi) is 2.91. The molecule has 5 heteroatoms. The Balaban J connectivity index is 1.56. The highest BCUT2D eigenvalue weighted by molar-refractivity contribution is 5.88. The number of rotatable bonds is 4. The molecular weight excluding hydrogens is 264 g/mol. The van der Waals surface area contributed by atoms with Gasteiger partial charge >= 0.3 is 0 Å². The highest BCUT2D eigenvalue weighted by Gasteiger charge is 2.40. The number of nitrogens with zero attached hydrogens (tertiary/aromatic N) is 3. The SMILES string of the molecule is O=C1[C@@H](Nc2ccccc2-n2cccn2)CCN1C1CC1. The maximum Gasteiger partial charge on any atom is 0.245 e. The van der Waals surface area contributed by atoms with Crippen LogP contribution in [0.4, 0.5) is 5.69 Å². The third-order valence-corrected chi connectivity index (χ3v) is 4.21. The van der Waals surface area contributed by atoms with Crippen molar-refractivity contribution in [1.29, 1.82) is 0 Å². The first kappa shape index (κ1) is 12.4. The summed E-state index contributed by atoms with van der Waals surface area (Å²) in [7, 11) is 0. The van der Waals surface area contributed by atoms with Gasteiger partial charge in [0.15, 0.2) is 0 Å². The van der Waals surface area contributed by atoms with Crippen LogP contribution in [0.5, 0.6) is 0 Å². The zero-order valence-corrected chi connectivity index (χ0v) is 11.8. The van der Waals surface area contributed by atoms with Crippen molar-refractivity contribution in [1.82, 2.24) is 14.7 Å². The predicted octanol–water partition coefficient (Wildman–Crippen LogP) is 2.05. The average Bonchev–Trinajstić information content (AvgIpc) is 3.07. The second-order valence-corrected chi connectivity index (χ2v) is 5.72. The summed E-state index contributed by atoms with van der Waals surface area (Å²) in [6, 6.07) is 10.3. The number of aromatic nitrogens is 2. The molecule has 4 rings (SSSR count). The predicted molar refractivity (Wildman–Crippen MR) is 80.3 cm³/mol. The standard InChI is InChI=1S/C16H18N4O/c21-16-14(8-11-19(16)12-6-7-12)18-13-4-1-2-5-15(13)20-10-3-9-17-20/h1-5,9-10,12,14,18H,6-8,11H2/t14-/m0/s1. The first-order chi connectivity index (χ1) is 10.3.